The molecule has 0 bridgehead atoms. The Labute approximate surface area is 104 Å². The van der Waals surface area contributed by atoms with Crippen molar-refractivity contribution in [1.29, 1.82) is 0 Å². The highest BCUT2D eigenvalue weighted by atomic mass is 19.4. The number of carboxylic acids is 1. The van der Waals surface area contributed by atoms with E-state index in [-0.39, 0.29) is 0 Å². The lowest BCUT2D eigenvalue weighted by Gasteiger charge is -2.21. The summed E-state index contributed by atoms with van der Waals surface area (Å²) in [4.78, 5) is 10.3. The number of halogens is 4. The smallest absolute Gasteiger partial charge is 0.419 e. The number of carboxylic acid groups (broad SMARTS) is 1. The Balaban J connectivity index is 3.20. The van der Waals surface area contributed by atoms with Gasteiger partial charge in [0.25, 0.3) is 0 Å². The van der Waals surface area contributed by atoms with Crippen LogP contribution >= 0.6 is 0 Å². The average Bonchev–Trinajstić information content (AvgIpc) is 2.24. The lowest BCUT2D eigenvalue weighted by molar-refractivity contribution is -0.143. The molecule has 0 aromatic heterocycles. The highest BCUT2D eigenvalue weighted by molar-refractivity contribution is 5.67. The zero-order valence-corrected chi connectivity index (χ0v) is 9.36. The Bertz CT molecular complexity index is 472. The molecule has 0 amide bonds. The van der Waals surface area contributed by atoms with Gasteiger partial charge < -0.3 is 15.3 Å². The maximum Gasteiger partial charge on any atom is 0.419 e. The molecule has 0 heterocycles. The van der Waals surface area contributed by atoms with Crippen molar-refractivity contribution < 1.29 is 37.7 Å². The van der Waals surface area contributed by atoms with Crippen molar-refractivity contribution in [3.05, 3.63) is 35.1 Å². The van der Waals surface area contributed by atoms with Crippen LogP contribution in [0.1, 0.15) is 23.7 Å². The molecule has 0 spiro atoms. The van der Waals surface area contributed by atoms with Gasteiger partial charge in [-0.1, -0.05) is 12.1 Å². The highest BCUT2D eigenvalue weighted by Gasteiger charge is 2.39. The molecule has 0 fully saturated rings. The largest absolute Gasteiger partial charge is 0.481 e. The summed E-state index contributed by atoms with van der Waals surface area (Å²) in [5, 5.41) is 27.2. The van der Waals surface area contributed by atoms with Crippen LogP contribution in [0.25, 0.3) is 0 Å². The third-order valence-electron chi connectivity index (χ3n) is 2.40. The highest BCUT2D eigenvalue weighted by Crippen LogP contribution is 2.37. The number of rotatable bonds is 4. The van der Waals surface area contributed by atoms with E-state index in [1.165, 1.54) is 0 Å². The molecule has 0 saturated heterocycles. The summed E-state index contributed by atoms with van der Waals surface area (Å²) >= 11 is 0. The summed E-state index contributed by atoms with van der Waals surface area (Å²) in [5.41, 5.74) is -2.62. The van der Waals surface area contributed by atoms with Gasteiger partial charge in [0, 0.05) is 0 Å². The molecule has 3 N–H and O–H groups in total. The number of alkyl halides is 3. The number of aliphatic hydroxyl groups excluding tert-OH is 2. The number of hydrogen-bond donors (Lipinski definition) is 3. The molecule has 8 heteroatoms. The summed E-state index contributed by atoms with van der Waals surface area (Å²) in [6, 6.07) is 2.26. The number of carbonyl (C=O) groups is 1. The quantitative estimate of drug-likeness (QED) is 0.735. The van der Waals surface area contributed by atoms with Crippen molar-refractivity contribution >= 4 is 5.97 Å². The molecule has 2 atom stereocenters. The predicted molar refractivity (Wildman–Crippen MR) is 54.6 cm³/mol. The van der Waals surface area contributed by atoms with Crippen LogP contribution in [-0.2, 0) is 11.0 Å². The van der Waals surface area contributed by atoms with Gasteiger partial charge in [-0.25, -0.2) is 4.39 Å². The average molecular weight is 282 g/mol. The molecule has 4 nitrogen and oxygen atoms in total. The first kappa shape index (κ1) is 15.4. The molecule has 1 aromatic carbocycles. The van der Waals surface area contributed by atoms with E-state index in [1.807, 2.05) is 0 Å². The first-order valence-electron chi connectivity index (χ1n) is 5.08. The van der Waals surface area contributed by atoms with Crippen LogP contribution in [0.2, 0.25) is 0 Å². The molecule has 0 radical (unpaired) electrons. The Kier molecular flexibility index (Phi) is 4.48. The van der Waals surface area contributed by atoms with Gasteiger partial charge in [0.2, 0.25) is 0 Å². The summed E-state index contributed by atoms with van der Waals surface area (Å²) in [6.07, 6.45) is -10.1. The first-order valence-corrected chi connectivity index (χ1v) is 5.08. The van der Waals surface area contributed by atoms with E-state index < -0.39 is 47.7 Å². The molecule has 0 aliphatic heterocycles. The van der Waals surface area contributed by atoms with Crippen LogP contribution in [0.3, 0.4) is 0 Å². The van der Waals surface area contributed by atoms with Crippen molar-refractivity contribution in [1.82, 2.24) is 0 Å². The molecule has 2 unspecified atom stereocenters. The van der Waals surface area contributed by atoms with Crippen LogP contribution < -0.4 is 0 Å². The van der Waals surface area contributed by atoms with Crippen molar-refractivity contribution in [3.8, 4) is 0 Å². The van der Waals surface area contributed by atoms with Gasteiger partial charge in [0.1, 0.15) is 11.9 Å². The van der Waals surface area contributed by atoms with Gasteiger partial charge in [-0.2, -0.15) is 13.2 Å². The van der Waals surface area contributed by atoms with E-state index in [0.717, 1.165) is 12.1 Å². The van der Waals surface area contributed by atoms with Crippen LogP contribution in [-0.4, -0.2) is 27.4 Å². The first-order chi connectivity index (χ1) is 8.64. The number of hydrogen-bond acceptors (Lipinski definition) is 3. The molecular formula is C11H10F4O4. The van der Waals surface area contributed by atoms with Crippen LogP contribution in [0, 0.1) is 5.82 Å². The van der Waals surface area contributed by atoms with Crippen molar-refractivity contribution in [2.75, 3.05) is 0 Å². The maximum atomic E-state index is 13.2. The lowest BCUT2D eigenvalue weighted by Crippen LogP contribution is -2.25. The van der Waals surface area contributed by atoms with Gasteiger partial charge in [-0.05, 0) is 11.6 Å². The fourth-order valence-electron chi connectivity index (χ4n) is 1.58. The van der Waals surface area contributed by atoms with Gasteiger partial charge in [0.15, 0.2) is 0 Å². The normalized spacial score (nSPS) is 15.1. The molecular weight excluding hydrogens is 272 g/mol. The van der Waals surface area contributed by atoms with Gasteiger partial charge in [0.05, 0.1) is 18.1 Å². The van der Waals surface area contributed by atoms with E-state index in [0.29, 0.717) is 6.07 Å². The minimum Gasteiger partial charge on any atom is -0.481 e. The van der Waals surface area contributed by atoms with Gasteiger partial charge in [-0.3, -0.25) is 4.79 Å². The number of aliphatic hydroxyl groups is 2. The molecule has 1 aromatic rings. The summed E-state index contributed by atoms with van der Waals surface area (Å²) in [7, 11) is 0. The minimum absolute atomic E-state index is 0.558. The maximum absolute atomic E-state index is 13.2. The van der Waals surface area contributed by atoms with E-state index >= 15 is 0 Å². The van der Waals surface area contributed by atoms with Crippen LogP contribution in [0.5, 0.6) is 0 Å². The predicted octanol–water partition coefficient (Wildman–Crippen LogP) is 1.71. The standard InChI is InChI=1S/C11H10F4O4/c12-6-3-1-2-5(9(6)11(13,14)15)10(19)7(16)4-8(17)18/h1-3,7,10,16,19H,4H2,(H,17,18). The molecule has 1 rings (SSSR count). The molecule has 19 heavy (non-hydrogen) atoms. The number of benzene rings is 1. The molecule has 0 saturated carbocycles. The summed E-state index contributed by atoms with van der Waals surface area (Å²) in [5.74, 6) is -3.11. The zero-order chi connectivity index (χ0) is 14.8. The van der Waals surface area contributed by atoms with Crippen LogP contribution in [0.4, 0.5) is 17.6 Å². The second-order valence-electron chi connectivity index (χ2n) is 3.81. The van der Waals surface area contributed by atoms with E-state index in [2.05, 4.69) is 0 Å². The SMILES string of the molecule is O=C(O)CC(O)C(O)c1cccc(F)c1C(F)(F)F. The van der Waals surface area contributed by atoms with Gasteiger partial charge >= 0.3 is 12.1 Å². The number of aliphatic carboxylic acids is 1. The third kappa shape index (κ3) is 3.65. The molecule has 106 valence electrons. The topological polar surface area (TPSA) is 77.8 Å². The molecule has 0 aliphatic rings. The fraction of sp³-hybridized carbons (Fsp3) is 0.364. The zero-order valence-electron chi connectivity index (χ0n) is 9.36. The van der Waals surface area contributed by atoms with Crippen LogP contribution in [0.15, 0.2) is 18.2 Å². The van der Waals surface area contributed by atoms with Crippen molar-refractivity contribution in [3.63, 3.8) is 0 Å². The van der Waals surface area contributed by atoms with Crippen molar-refractivity contribution in [2.24, 2.45) is 0 Å². The lowest BCUT2D eigenvalue weighted by atomic mass is 9.96. The summed E-state index contributed by atoms with van der Waals surface area (Å²) < 4.78 is 51.1. The monoisotopic (exact) mass is 282 g/mol. The second-order valence-corrected chi connectivity index (χ2v) is 3.81. The Morgan fingerprint density at radius 1 is 1.26 bits per heavy atom. The summed E-state index contributed by atoms with van der Waals surface area (Å²) in [6.45, 7) is 0. The Morgan fingerprint density at radius 2 is 1.84 bits per heavy atom. The van der Waals surface area contributed by atoms with E-state index in [1.54, 1.807) is 0 Å². The second kappa shape index (κ2) is 5.54. The molecule has 0 aliphatic carbocycles. The Hall–Kier alpha value is -1.67. The fourth-order valence-corrected chi connectivity index (χ4v) is 1.58. The minimum atomic E-state index is -5.06. The van der Waals surface area contributed by atoms with E-state index in [4.69, 9.17) is 5.11 Å². The third-order valence-corrected chi connectivity index (χ3v) is 2.40. The van der Waals surface area contributed by atoms with Crippen molar-refractivity contribution in [2.45, 2.75) is 24.8 Å². The van der Waals surface area contributed by atoms with E-state index in [9.17, 15) is 32.6 Å². The Morgan fingerprint density at radius 3 is 2.32 bits per heavy atom. The van der Waals surface area contributed by atoms with Gasteiger partial charge in [-0.15, -0.1) is 0 Å².